The third-order valence-corrected chi connectivity index (χ3v) is 3.49. The van der Waals surface area contributed by atoms with Gasteiger partial charge < -0.3 is 15.8 Å². The third kappa shape index (κ3) is 3.75. The van der Waals surface area contributed by atoms with Gasteiger partial charge in [-0.15, -0.1) is 0 Å². The molecule has 5 nitrogen and oxygen atoms in total. The summed E-state index contributed by atoms with van der Waals surface area (Å²) in [7, 11) is 0. The number of rotatable bonds is 5. The number of hydrogen-bond donors (Lipinski definition) is 2. The largest absolute Gasteiger partial charge is 0.493 e. The molecule has 3 aromatic rings. The summed E-state index contributed by atoms with van der Waals surface area (Å²) in [6.45, 7) is 2.47. The lowest BCUT2D eigenvalue weighted by atomic mass is 10.1. The average Bonchev–Trinajstić information content (AvgIpc) is 2.57. The van der Waals surface area contributed by atoms with Crippen LogP contribution in [-0.2, 0) is 0 Å². The summed E-state index contributed by atoms with van der Waals surface area (Å²) in [4.78, 5) is 8.54. The van der Waals surface area contributed by atoms with Crippen LogP contribution in [0, 0.1) is 6.07 Å². The zero-order valence-corrected chi connectivity index (χ0v) is 13.8. The van der Waals surface area contributed by atoms with Gasteiger partial charge in [0.05, 0.1) is 12.3 Å². The molecule has 0 amide bonds. The number of nitrogens with two attached hydrogens (primary N) is 1. The van der Waals surface area contributed by atoms with E-state index in [1.807, 2.05) is 37.3 Å². The number of ether oxygens (including phenoxy) is 1. The van der Waals surface area contributed by atoms with E-state index in [0.29, 0.717) is 28.9 Å². The molecule has 0 aliphatic rings. The van der Waals surface area contributed by atoms with E-state index in [0.717, 1.165) is 11.3 Å². The number of benzene rings is 2. The lowest BCUT2D eigenvalue weighted by molar-refractivity contribution is 0.341. The van der Waals surface area contributed by atoms with Crippen LogP contribution in [0.5, 0.6) is 5.75 Å². The van der Waals surface area contributed by atoms with Gasteiger partial charge in [-0.1, -0.05) is 23.7 Å². The molecule has 0 aliphatic carbocycles. The first-order valence-corrected chi connectivity index (χ1v) is 7.84. The summed E-state index contributed by atoms with van der Waals surface area (Å²) in [5.74, 6) is 1.45. The summed E-state index contributed by atoms with van der Waals surface area (Å²) in [5, 5.41) is 3.79. The zero-order chi connectivity index (χ0) is 16.9. The molecule has 0 unspecified atom stereocenters. The van der Waals surface area contributed by atoms with Crippen LogP contribution in [0.4, 0.5) is 17.5 Å². The van der Waals surface area contributed by atoms with Gasteiger partial charge in [0.25, 0.3) is 0 Å². The van der Waals surface area contributed by atoms with Gasteiger partial charge in [0, 0.05) is 22.3 Å². The summed E-state index contributed by atoms with van der Waals surface area (Å²) >= 11 is 6.13. The van der Waals surface area contributed by atoms with E-state index >= 15 is 0 Å². The first-order chi connectivity index (χ1) is 11.7. The van der Waals surface area contributed by atoms with Gasteiger partial charge in [-0.3, -0.25) is 0 Å². The Morgan fingerprint density at radius 2 is 1.96 bits per heavy atom. The summed E-state index contributed by atoms with van der Waals surface area (Å²) in [6, 6.07) is 17.6. The van der Waals surface area contributed by atoms with E-state index in [-0.39, 0.29) is 5.95 Å². The molecule has 6 heteroatoms. The van der Waals surface area contributed by atoms with Crippen LogP contribution in [0.15, 0.2) is 48.5 Å². The molecule has 0 atom stereocenters. The molecule has 0 fully saturated rings. The normalized spacial score (nSPS) is 10.4. The van der Waals surface area contributed by atoms with Crippen molar-refractivity contribution >= 4 is 29.1 Å². The molecule has 24 heavy (non-hydrogen) atoms. The predicted molar refractivity (Wildman–Crippen MR) is 96.6 cm³/mol. The van der Waals surface area contributed by atoms with Crippen molar-refractivity contribution in [1.29, 1.82) is 0 Å². The van der Waals surface area contributed by atoms with Crippen LogP contribution in [0.25, 0.3) is 11.3 Å². The lowest BCUT2D eigenvalue weighted by Crippen LogP contribution is -2.02. The van der Waals surface area contributed by atoms with Crippen molar-refractivity contribution in [2.75, 3.05) is 17.7 Å². The fourth-order valence-corrected chi connectivity index (χ4v) is 2.44. The van der Waals surface area contributed by atoms with Crippen LogP contribution in [-0.4, -0.2) is 16.6 Å². The van der Waals surface area contributed by atoms with E-state index in [4.69, 9.17) is 22.1 Å². The number of nitrogens with one attached hydrogen (secondary N) is 1. The second-order valence-corrected chi connectivity index (χ2v) is 5.42. The molecule has 0 aliphatic heterocycles. The minimum Gasteiger partial charge on any atom is -0.493 e. The van der Waals surface area contributed by atoms with Gasteiger partial charge in [0.1, 0.15) is 11.6 Å². The van der Waals surface area contributed by atoms with Gasteiger partial charge in [-0.25, -0.2) is 4.98 Å². The highest BCUT2D eigenvalue weighted by Crippen LogP contribution is 2.33. The number of aromatic nitrogens is 2. The quantitative estimate of drug-likeness (QED) is 0.724. The third-order valence-electron chi connectivity index (χ3n) is 3.25. The molecular weight excluding hydrogens is 324 g/mol. The average molecular weight is 340 g/mol. The maximum Gasteiger partial charge on any atom is 0.222 e. The molecule has 1 aromatic heterocycles. The predicted octanol–water partition coefficient (Wildman–Crippen LogP) is 4.32. The molecule has 3 N–H and O–H groups in total. The van der Waals surface area contributed by atoms with Gasteiger partial charge in [-0.2, -0.15) is 4.98 Å². The second kappa shape index (κ2) is 7.19. The van der Waals surface area contributed by atoms with E-state index in [2.05, 4.69) is 21.4 Å². The molecule has 121 valence electrons. The van der Waals surface area contributed by atoms with E-state index < -0.39 is 0 Å². The number of hydrogen-bond acceptors (Lipinski definition) is 5. The van der Waals surface area contributed by atoms with Gasteiger partial charge in [0.2, 0.25) is 5.95 Å². The number of halogens is 1. The van der Waals surface area contributed by atoms with Crippen molar-refractivity contribution < 1.29 is 4.74 Å². The van der Waals surface area contributed by atoms with Crippen molar-refractivity contribution in [3.05, 3.63) is 59.6 Å². The van der Waals surface area contributed by atoms with Crippen LogP contribution in [0.2, 0.25) is 5.02 Å². The Hall–Kier alpha value is -2.79. The number of nitrogen functional groups attached to an aromatic ring is 1. The van der Waals surface area contributed by atoms with Crippen molar-refractivity contribution in [2.24, 2.45) is 0 Å². The molecular formula is C18H16ClN4O. The van der Waals surface area contributed by atoms with Crippen molar-refractivity contribution in [1.82, 2.24) is 9.97 Å². The molecule has 0 saturated carbocycles. The first-order valence-electron chi connectivity index (χ1n) is 7.46. The highest BCUT2D eigenvalue weighted by atomic mass is 35.5. The Bertz CT molecular complexity index is 840. The summed E-state index contributed by atoms with van der Waals surface area (Å²) in [5.41, 5.74) is 8.16. The summed E-state index contributed by atoms with van der Waals surface area (Å²) in [6.07, 6.45) is 0. The maximum atomic E-state index is 6.13. The van der Waals surface area contributed by atoms with Crippen LogP contribution >= 0.6 is 11.6 Å². The van der Waals surface area contributed by atoms with Crippen molar-refractivity contribution in [3.8, 4) is 17.0 Å². The fraction of sp³-hybridized carbons (Fsp3) is 0.111. The van der Waals surface area contributed by atoms with Crippen molar-refractivity contribution in [3.63, 3.8) is 0 Å². The summed E-state index contributed by atoms with van der Waals surface area (Å²) < 4.78 is 5.66. The smallest absolute Gasteiger partial charge is 0.222 e. The molecule has 0 spiro atoms. The van der Waals surface area contributed by atoms with Gasteiger partial charge in [-0.05, 0) is 43.3 Å². The molecule has 1 radical (unpaired) electrons. The van der Waals surface area contributed by atoms with Gasteiger partial charge >= 0.3 is 0 Å². The first kappa shape index (κ1) is 16.1. The zero-order valence-electron chi connectivity index (χ0n) is 13.1. The molecule has 2 aromatic carbocycles. The van der Waals surface area contributed by atoms with Crippen LogP contribution < -0.4 is 15.8 Å². The minimum absolute atomic E-state index is 0.167. The fourth-order valence-electron chi connectivity index (χ4n) is 2.27. The molecule has 0 saturated heterocycles. The molecule has 1 heterocycles. The second-order valence-electron chi connectivity index (χ2n) is 4.98. The lowest BCUT2D eigenvalue weighted by Gasteiger charge is -2.12. The Balaban J connectivity index is 2.01. The minimum atomic E-state index is 0.167. The van der Waals surface area contributed by atoms with Crippen molar-refractivity contribution in [2.45, 2.75) is 6.92 Å². The topological polar surface area (TPSA) is 73.1 Å². The highest BCUT2D eigenvalue weighted by molar-refractivity contribution is 6.31. The Kier molecular flexibility index (Phi) is 4.82. The number of nitrogens with zero attached hydrogens (tertiary/aromatic N) is 2. The van der Waals surface area contributed by atoms with Crippen LogP contribution in [0.3, 0.4) is 0 Å². The molecule has 0 bridgehead atoms. The Morgan fingerprint density at radius 3 is 2.71 bits per heavy atom. The highest BCUT2D eigenvalue weighted by Gasteiger charge is 2.11. The van der Waals surface area contributed by atoms with E-state index in [1.165, 1.54) is 0 Å². The van der Waals surface area contributed by atoms with E-state index in [9.17, 15) is 0 Å². The van der Waals surface area contributed by atoms with Crippen LogP contribution in [0.1, 0.15) is 6.92 Å². The Morgan fingerprint density at radius 1 is 1.17 bits per heavy atom. The maximum absolute atomic E-state index is 6.13. The molecule has 3 rings (SSSR count). The van der Waals surface area contributed by atoms with Gasteiger partial charge in [0.15, 0.2) is 0 Å². The number of anilines is 3. The SMILES string of the molecule is CCOc1ccc(Cl)cc1-c1cc(Nc2cc[c]cc2)nc(N)n1. The monoisotopic (exact) mass is 339 g/mol. The van der Waals surface area contributed by atoms with E-state index in [1.54, 1.807) is 18.2 Å². The standard InChI is InChI=1S/C18H16ClN4O/c1-2-24-16-9-8-12(19)10-14(16)15-11-17(23-18(20)22-15)21-13-6-4-3-5-7-13/h4-11H,2H2,1H3,(H3,20,21,22,23). The Labute approximate surface area is 145 Å².